The van der Waals surface area contributed by atoms with Crippen LogP contribution in [0, 0.1) is 17.0 Å². The fourth-order valence-corrected chi connectivity index (χ4v) is 0.747. The van der Waals surface area contributed by atoms with Gasteiger partial charge in [0.25, 0.3) is 5.69 Å². The summed E-state index contributed by atoms with van der Waals surface area (Å²) >= 11 is 0. The van der Waals surface area contributed by atoms with E-state index in [4.69, 9.17) is 6.92 Å². The average molecular weight is 163 g/mol. The van der Waals surface area contributed by atoms with Gasteiger partial charge >= 0.3 is 0 Å². The van der Waals surface area contributed by atoms with Crippen molar-refractivity contribution in [1.82, 2.24) is 0 Å². The van der Waals surface area contributed by atoms with E-state index in [1.54, 1.807) is 0 Å². The zero-order valence-corrected chi connectivity index (χ0v) is 6.06. The molecule has 4 heteroatoms. The molecule has 0 unspecified atom stereocenters. The third kappa shape index (κ3) is 1.66. The van der Waals surface area contributed by atoms with Gasteiger partial charge in [0.1, 0.15) is 0 Å². The Morgan fingerprint density at radius 2 is 1.83 bits per heavy atom. The minimum atomic E-state index is -0.593. The van der Waals surface area contributed by atoms with Gasteiger partial charge in [0.05, 0.1) is 4.92 Å². The number of hydrogen-bond donors (Lipinski definition) is 0. The molecule has 0 atom stereocenters. The molecule has 12 heavy (non-hydrogen) atoms. The maximum Gasteiger partial charge on any atom is 0.269 e. The molecule has 1 rings (SSSR count). The molecule has 0 saturated carbocycles. The van der Waals surface area contributed by atoms with Crippen LogP contribution in [0.4, 0.5) is 5.69 Å². The Kier molecular flexibility index (Phi) is 2.19. The molecule has 0 fully saturated rings. The summed E-state index contributed by atoms with van der Waals surface area (Å²) in [7, 11) is 0. The summed E-state index contributed by atoms with van der Waals surface area (Å²) in [5.74, 6) is -0.593. The van der Waals surface area contributed by atoms with Crippen LogP contribution in [0.2, 0.25) is 0 Å². The van der Waals surface area contributed by atoms with E-state index < -0.39 is 10.7 Å². The van der Waals surface area contributed by atoms with Gasteiger partial charge in [0.15, 0.2) is 5.78 Å². The molecule has 0 aliphatic heterocycles. The Balaban J connectivity index is 3.01. The minimum absolute atomic E-state index is 0.0556. The van der Waals surface area contributed by atoms with Gasteiger partial charge in [0, 0.05) is 24.6 Å². The molecule has 0 N–H and O–H groups in total. The van der Waals surface area contributed by atoms with Crippen molar-refractivity contribution in [3.05, 3.63) is 46.9 Å². The summed E-state index contributed by atoms with van der Waals surface area (Å²) in [5, 5.41) is 10.2. The fraction of sp³-hybridized carbons (Fsp3) is 0. The van der Waals surface area contributed by atoms with E-state index in [1.807, 2.05) is 0 Å². The second-order valence-electron chi connectivity index (χ2n) is 2.17. The van der Waals surface area contributed by atoms with Gasteiger partial charge in [-0.2, -0.15) is 0 Å². The van der Waals surface area contributed by atoms with Gasteiger partial charge in [0.2, 0.25) is 0 Å². The first-order chi connectivity index (χ1) is 5.61. The first-order valence-corrected chi connectivity index (χ1v) is 3.15. The molecular formula is C8H5NO3. The summed E-state index contributed by atoms with van der Waals surface area (Å²) in [5.41, 5.74) is 0.209. The largest absolute Gasteiger partial charge is 0.294 e. The topological polar surface area (TPSA) is 60.2 Å². The van der Waals surface area contributed by atoms with Crippen LogP contribution in [0.15, 0.2) is 24.3 Å². The van der Waals surface area contributed by atoms with Crippen LogP contribution in [-0.4, -0.2) is 10.7 Å². The fourth-order valence-electron chi connectivity index (χ4n) is 0.747. The van der Waals surface area contributed by atoms with Gasteiger partial charge < -0.3 is 0 Å². The molecule has 2 radical (unpaired) electrons. The molecular weight excluding hydrogens is 158 g/mol. The Labute approximate surface area is 69.0 Å². The Hall–Kier alpha value is -1.71. The lowest BCUT2D eigenvalue weighted by atomic mass is 10.1. The summed E-state index contributed by atoms with van der Waals surface area (Å²) in [6.07, 6.45) is 0. The second kappa shape index (κ2) is 3.13. The quantitative estimate of drug-likeness (QED) is 0.377. The van der Waals surface area contributed by atoms with Crippen molar-refractivity contribution in [2.75, 3.05) is 0 Å². The minimum Gasteiger partial charge on any atom is -0.294 e. The van der Waals surface area contributed by atoms with Gasteiger partial charge in [-0.25, -0.2) is 0 Å². The zero-order valence-electron chi connectivity index (χ0n) is 6.06. The van der Waals surface area contributed by atoms with E-state index in [-0.39, 0.29) is 11.3 Å². The molecule has 0 aliphatic carbocycles. The van der Waals surface area contributed by atoms with Crippen molar-refractivity contribution in [1.29, 1.82) is 0 Å². The van der Waals surface area contributed by atoms with E-state index in [0.717, 1.165) is 0 Å². The van der Waals surface area contributed by atoms with Gasteiger partial charge in [-0.15, -0.1) is 0 Å². The lowest BCUT2D eigenvalue weighted by Crippen LogP contribution is -1.93. The van der Waals surface area contributed by atoms with Crippen LogP contribution in [0.5, 0.6) is 0 Å². The highest BCUT2D eigenvalue weighted by Gasteiger charge is 2.05. The van der Waals surface area contributed by atoms with Crippen LogP contribution in [0.1, 0.15) is 10.4 Å². The number of rotatable bonds is 2. The predicted molar refractivity (Wildman–Crippen MR) is 41.7 cm³/mol. The highest BCUT2D eigenvalue weighted by Crippen LogP contribution is 2.11. The summed E-state index contributed by atoms with van der Waals surface area (Å²) in [6, 6.07) is 5.11. The van der Waals surface area contributed by atoms with Gasteiger partial charge in [-0.05, 0) is 12.1 Å². The molecule has 1 aromatic carbocycles. The van der Waals surface area contributed by atoms with Crippen molar-refractivity contribution in [3.63, 3.8) is 0 Å². The second-order valence-corrected chi connectivity index (χ2v) is 2.17. The van der Waals surface area contributed by atoms with E-state index in [2.05, 4.69) is 0 Å². The molecule has 4 nitrogen and oxygen atoms in total. The Morgan fingerprint density at radius 3 is 2.17 bits per heavy atom. The Bertz CT molecular complexity index is 283. The third-order valence-corrected chi connectivity index (χ3v) is 1.36. The number of Topliss-reactive ketones (excluding diaryl/α,β-unsaturated/α-hetero) is 1. The SMILES string of the molecule is [CH]C(=O)c1ccc([N+](=O)[O-])cc1. The number of non-ortho nitro benzene ring substituents is 1. The van der Waals surface area contributed by atoms with Crippen molar-refractivity contribution in [2.45, 2.75) is 0 Å². The monoisotopic (exact) mass is 163 g/mol. The van der Waals surface area contributed by atoms with Crippen molar-refractivity contribution < 1.29 is 9.72 Å². The lowest BCUT2D eigenvalue weighted by molar-refractivity contribution is -0.384. The van der Waals surface area contributed by atoms with Crippen molar-refractivity contribution >= 4 is 11.5 Å². The molecule has 1 aromatic rings. The normalized spacial score (nSPS) is 9.42. The predicted octanol–water partition coefficient (Wildman–Crippen LogP) is 1.49. The molecule has 0 amide bonds. The van der Waals surface area contributed by atoms with Crippen LogP contribution in [0.25, 0.3) is 0 Å². The highest BCUT2D eigenvalue weighted by atomic mass is 16.6. The molecule has 0 aliphatic rings. The number of carbonyl (C=O) groups excluding carboxylic acids is 1. The van der Waals surface area contributed by atoms with Crippen LogP contribution >= 0.6 is 0 Å². The van der Waals surface area contributed by atoms with Crippen LogP contribution in [-0.2, 0) is 0 Å². The first-order valence-electron chi connectivity index (χ1n) is 3.15. The maximum absolute atomic E-state index is 10.5. The Morgan fingerprint density at radius 1 is 1.33 bits per heavy atom. The average Bonchev–Trinajstić information content (AvgIpc) is 2.04. The number of ketones is 1. The molecule has 0 spiro atoms. The van der Waals surface area contributed by atoms with Gasteiger partial charge in [-0.1, -0.05) is 0 Å². The number of carbonyl (C=O) groups is 1. The molecule has 0 saturated heterocycles. The van der Waals surface area contributed by atoms with Crippen molar-refractivity contribution in [2.24, 2.45) is 0 Å². The summed E-state index contributed by atoms with van der Waals surface area (Å²) in [4.78, 5) is 20.2. The van der Waals surface area contributed by atoms with Crippen LogP contribution < -0.4 is 0 Å². The summed E-state index contributed by atoms with van der Waals surface area (Å²) < 4.78 is 0. The van der Waals surface area contributed by atoms with E-state index in [9.17, 15) is 14.9 Å². The highest BCUT2D eigenvalue weighted by molar-refractivity contribution is 5.99. The molecule has 0 heterocycles. The first kappa shape index (κ1) is 8.39. The standard InChI is InChI=1S/C8H5NO3/c1-6(10)7-2-4-8(5-3-7)9(11)12/h1-5H. The number of nitro groups is 1. The van der Waals surface area contributed by atoms with E-state index in [0.29, 0.717) is 0 Å². The maximum atomic E-state index is 10.5. The molecule has 0 aromatic heterocycles. The van der Waals surface area contributed by atoms with Gasteiger partial charge in [-0.3, -0.25) is 14.9 Å². The number of hydrogen-bond acceptors (Lipinski definition) is 3. The summed E-state index contributed by atoms with van der Waals surface area (Å²) in [6.45, 7) is 4.93. The number of nitrogens with zero attached hydrogens (tertiary/aromatic N) is 1. The van der Waals surface area contributed by atoms with Crippen molar-refractivity contribution in [3.8, 4) is 0 Å². The van der Waals surface area contributed by atoms with E-state index >= 15 is 0 Å². The zero-order chi connectivity index (χ0) is 9.14. The molecule has 0 bridgehead atoms. The van der Waals surface area contributed by atoms with E-state index in [1.165, 1.54) is 24.3 Å². The smallest absolute Gasteiger partial charge is 0.269 e. The lowest BCUT2D eigenvalue weighted by Gasteiger charge is -1.93. The molecule has 60 valence electrons. The third-order valence-electron chi connectivity index (χ3n) is 1.36. The number of nitro benzene ring substituents is 1. The van der Waals surface area contributed by atoms with Crippen LogP contribution in [0.3, 0.4) is 0 Å². The number of benzene rings is 1.